The van der Waals surface area contributed by atoms with Gasteiger partial charge in [0.15, 0.2) is 6.61 Å². The molecule has 38 heavy (non-hydrogen) atoms. The summed E-state index contributed by atoms with van der Waals surface area (Å²) in [4.78, 5) is 29.1. The molecule has 3 aromatic carbocycles. The van der Waals surface area contributed by atoms with E-state index < -0.39 is 16.9 Å². The average molecular weight is 531 g/mol. The number of thiol groups is 1. The van der Waals surface area contributed by atoms with Gasteiger partial charge in [0.2, 0.25) is 0 Å². The zero-order valence-electron chi connectivity index (χ0n) is 21.8. The van der Waals surface area contributed by atoms with Crippen molar-refractivity contribution < 1.29 is 23.8 Å². The first kappa shape index (κ1) is 25.1. The van der Waals surface area contributed by atoms with Crippen molar-refractivity contribution >= 4 is 22.8 Å². The number of carbonyl (C=O) groups is 2. The number of hydrogen-bond acceptors (Lipinski definition) is 5. The fraction of sp³-hybridized carbons (Fsp3) is 0.375. The quantitative estimate of drug-likeness (QED) is 0.282. The lowest BCUT2D eigenvalue weighted by Gasteiger charge is -2.41. The second-order valence-corrected chi connectivity index (χ2v) is 13.1. The average Bonchev–Trinajstić information content (AvgIpc) is 3.07. The molecule has 198 valence electrons. The van der Waals surface area contributed by atoms with E-state index in [4.69, 9.17) is 14.2 Å². The first-order valence-electron chi connectivity index (χ1n) is 13.5. The third-order valence-electron chi connectivity index (χ3n) is 8.17. The molecule has 2 saturated carbocycles. The van der Waals surface area contributed by atoms with Crippen LogP contribution in [0.1, 0.15) is 36.8 Å². The molecule has 0 N–H and O–H groups in total. The van der Waals surface area contributed by atoms with Crippen LogP contribution in [0.4, 0.5) is 0 Å². The summed E-state index contributed by atoms with van der Waals surface area (Å²) < 4.78 is 17.6. The minimum absolute atomic E-state index is 0.0372. The van der Waals surface area contributed by atoms with Crippen molar-refractivity contribution in [3.63, 3.8) is 0 Å². The van der Waals surface area contributed by atoms with Gasteiger partial charge >= 0.3 is 11.9 Å². The van der Waals surface area contributed by atoms with Crippen molar-refractivity contribution in [2.24, 2.45) is 17.8 Å². The number of fused-ring (bicyclic) bond motifs is 1. The molecular formula is C32H34O5S. The second kappa shape index (κ2) is 10.5. The molecule has 0 amide bonds. The zero-order chi connectivity index (χ0) is 26.2. The summed E-state index contributed by atoms with van der Waals surface area (Å²) in [6.07, 6.45) is 2.80. The molecule has 5 nitrogen and oxygen atoms in total. The highest BCUT2D eigenvalue weighted by Gasteiger charge is 2.51. The number of carbonyl (C=O) groups excluding carboxylic acids is 2. The van der Waals surface area contributed by atoms with Crippen LogP contribution >= 0.6 is 10.9 Å². The van der Waals surface area contributed by atoms with Crippen LogP contribution in [0, 0.1) is 31.6 Å². The molecule has 6 heteroatoms. The lowest BCUT2D eigenvalue weighted by atomic mass is 9.67. The van der Waals surface area contributed by atoms with Gasteiger partial charge in [0, 0.05) is 5.92 Å². The van der Waals surface area contributed by atoms with E-state index in [0.29, 0.717) is 5.92 Å². The lowest BCUT2D eigenvalue weighted by Crippen LogP contribution is -2.45. The largest absolute Gasteiger partial charge is 0.481 e. The van der Waals surface area contributed by atoms with Crippen LogP contribution in [0.25, 0.3) is 0 Å². The van der Waals surface area contributed by atoms with Gasteiger partial charge in [-0.1, -0.05) is 36.4 Å². The molecule has 4 aliphatic rings. The molecule has 4 fully saturated rings. The summed E-state index contributed by atoms with van der Waals surface area (Å²) in [5, 5.41) is 0. The Labute approximate surface area is 226 Å². The fourth-order valence-electron chi connectivity index (χ4n) is 6.64. The molecule has 4 bridgehead atoms. The molecule has 2 saturated heterocycles. The van der Waals surface area contributed by atoms with Gasteiger partial charge in [0.05, 0.1) is 5.92 Å². The van der Waals surface area contributed by atoms with E-state index in [-0.39, 0.29) is 36.6 Å². The Bertz CT molecular complexity index is 1260. The van der Waals surface area contributed by atoms with Gasteiger partial charge in [0.25, 0.3) is 0 Å². The maximum absolute atomic E-state index is 12.9. The molecule has 7 rings (SSSR count). The summed E-state index contributed by atoms with van der Waals surface area (Å²) in [5.74, 6) is 0.861. The molecule has 0 aromatic heterocycles. The van der Waals surface area contributed by atoms with Crippen LogP contribution in [0.15, 0.2) is 87.5 Å². The maximum Gasteiger partial charge on any atom is 0.344 e. The Morgan fingerprint density at radius 1 is 0.868 bits per heavy atom. The van der Waals surface area contributed by atoms with E-state index in [9.17, 15) is 9.59 Å². The third-order valence-corrected chi connectivity index (χ3v) is 10.6. The van der Waals surface area contributed by atoms with Crippen LogP contribution in [-0.4, -0.2) is 30.8 Å². The monoisotopic (exact) mass is 530 g/mol. The third kappa shape index (κ3) is 4.94. The van der Waals surface area contributed by atoms with Crippen LogP contribution < -0.4 is 4.74 Å². The maximum atomic E-state index is 12.9. The van der Waals surface area contributed by atoms with Gasteiger partial charge < -0.3 is 14.2 Å². The number of ether oxygens (including phenoxy) is 3. The topological polar surface area (TPSA) is 61.8 Å². The van der Waals surface area contributed by atoms with Crippen molar-refractivity contribution in [3.8, 4) is 5.75 Å². The lowest BCUT2D eigenvalue weighted by molar-refractivity contribution is -0.174. The number of aryl methyl sites for hydroxylation is 2. The van der Waals surface area contributed by atoms with Crippen molar-refractivity contribution in [1.82, 2.24) is 0 Å². The SMILES string of the molecule is Cc1cc([SH](c2ccccc2)c2ccccc2)cc(C)c1OCC(=O)OC1C2CC3CC(C2)C(=O)OC1C3. The first-order chi connectivity index (χ1) is 18.5. The zero-order valence-corrected chi connectivity index (χ0v) is 22.7. The van der Waals surface area contributed by atoms with Gasteiger partial charge in [-0.05, 0) is 108 Å². The molecule has 5 atom stereocenters. The summed E-state index contributed by atoms with van der Waals surface area (Å²) in [6.45, 7) is 3.90. The van der Waals surface area contributed by atoms with Gasteiger partial charge in [-0.3, -0.25) is 4.79 Å². The van der Waals surface area contributed by atoms with E-state index in [1.54, 1.807) is 0 Å². The second-order valence-electron chi connectivity index (χ2n) is 10.9. The van der Waals surface area contributed by atoms with Gasteiger partial charge in [-0.15, -0.1) is 0 Å². The molecular weight excluding hydrogens is 496 g/mol. The Morgan fingerprint density at radius 3 is 2.13 bits per heavy atom. The summed E-state index contributed by atoms with van der Waals surface area (Å²) in [7, 11) is -0.725. The molecule has 0 radical (unpaired) electrons. The van der Waals surface area contributed by atoms with Crippen molar-refractivity contribution in [1.29, 1.82) is 0 Å². The Morgan fingerprint density at radius 2 is 1.50 bits per heavy atom. The van der Waals surface area contributed by atoms with Crippen LogP contribution in [0.3, 0.4) is 0 Å². The van der Waals surface area contributed by atoms with Crippen molar-refractivity contribution in [3.05, 3.63) is 83.9 Å². The van der Waals surface area contributed by atoms with Crippen molar-refractivity contribution in [2.45, 2.75) is 66.4 Å². The number of hydrogen-bond donors (Lipinski definition) is 1. The predicted molar refractivity (Wildman–Crippen MR) is 147 cm³/mol. The minimum Gasteiger partial charge on any atom is -0.481 e. The highest BCUT2D eigenvalue weighted by Crippen LogP contribution is 2.52. The van der Waals surface area contributed by atoms with E-state index in [1.807, 2.05) is 26.0 Å². The smallest absolute Gasteiger partial charge is 0.344 e. The van der Waals surface area contributed by atoms with E-state index in [0.717, 1.165) is 42.6 Å². The molecule has 0 spiro atoms. The number of benzene rings is 3. The summed E-state index contributed by atoms with van der Waals surface area (Å²) >= 11 is 0. The van der Waals surface area contributed by atoms with Crippen LogP contribution in [0.2, 0.25) is 0 Å². The Balaban J connectivity index is 1.17. The van der Waals surface area contributed by atoms with Crippen molar-refractivity contribution in [2.75, 3.05) is 6.61 Å². The Kier molecular flexibility index (Phi) is 6.91. The summed E-state index contributed by atoms with van der Waals surface area (Å²) in [6, 6.07) is 25.5. The van der Waals surface area contributed by atoms with Gasteiger partial charge in [-0.2, -0.15) is 10.9 Å². The normalized spacial score (nSPS) is 25.9. The highest BCUT2D eigenvalue weighted by atomic mass is 32.2. The molecule has 2 aliphatic heterocycles. The standard InChI is InChI=1S/C32H34O5S/c1-20-13-27(38(25-9-5-3-6-10-25)26-11-7-4-8-12-26)14-21(2)30(20)35-19-29(33)37-31-23-15-22-16-24(18-23)32(34)36-28(31)17-22/h3-14,22-24,28,31,38H,15-19H2,1-2H3. The fourth-order valence-corrected chi connectivity index (χ4v) is 9.12. The van der Waals surface area contributed by atoms with Gasteiger partial charge in [0.1, 0.15) is 18.0 Å². The van der Waals surface area contributed by atoms with Crippen LogP contribution in [0.5, 0.6) is 5.75 Å². The molecule has 2 aliphatic carbocycles. The van der Waals surface area contributed by atoms with E-state index in [2.05, 4.69) is 60.7 Å². The molecule has 5 unspecified atom stereocenters. The molecule has 3 aromatic rings. The number of esters is 2. The van der Waals surface area contributed by atoms with E-state index in [1.165, 1.54) is 14.7 Å². The minimum atomic E-state index is -0.725. The number of rotatable bonds is 7. The predicted octanol–water partition coefficient (Wildman–Crippen LogP) is 6.43. The Hall–Kier alpha value is -3.25. The van der Waals surface area contributed by atoms with Crippen LogP contribution in [-0.2, 0) is 19.1 Å². The first-order valence-corrected chi connectivity index (χ1v) is 14.8. The van der Waals surface area contributed by atoms with E-state index >= 15 is 0 Å². The highest BCUT2D eigenvalue weighted by molar-refractivity contribution is 8.17. The molecule has 2 heterocycles. The summed E-state index contributed by atoms with van der Waals surface area (Å²) in [5.41, 5.74) is 1.99. The van der Waals surface area contributed by atoms with Gasteiger partial charge in [-0.25, -0.2) is 4.79 Å².